The van der Waals surface area contributed by atoms with E-state index in [1.54, 1.807) is 0 Å². The first-order valence-electron chi connectivity index (χ1n) is 7.41. The molecule has 2 saturated heterocycles. The van der Waals surface area contributed by atoms with Crippen LogP contribution in [0.3, 0.4) is 0 Å². The molecule has 19 heavy (non-hydrogen) atoms. The van der Waals surface area contributed by atoms with E-state index < -0.39 is 0 Å². The Balaban J connectivity index is 1.78. The zero-order chi connectivity index (χ0) is 13.7. The molecule has 0 aromatic heterocycles. The summed E-state index contributed by atoms with van der Waals surface area (Å²) in [5.74, 6) is -0.216. The van der Waals surface area contributed by atoms with Crippen molar-refractivity contribution in [3.05, 3.63) is 0 Å². The van der Waals surface area contributed by atoms with Crippen LogP contribution in [-0.4, -0.2) is 62.9 Å². The van der Waals surface area contributed by atoms with Crippen LogP contribution < -0.4 is 5.32 Å². The lowest BCUT2D eigenvalue weighted by Gasteiger charge is -2.29. The number of piperidine rings is 1. The normalized spacial score (nSPS) is 29.6. The highest BCUT2D eigenvalue weighted by atomic mass is 16.5. The van der Waals surface area contributed by atoms with Gasteiger partial charge in [0.05, 0.1) is 19.1 Å². The molecule has 2 aliphatic rings. The van der Waals surface area contributed by atoms with Gasteiger partial charge >= 0.3 is 5.97 Å². The Kier molecular flexibility index (Phi) is 5.60. The van der Waals surface area contributed by atoms with Crippen LogP contribution in [0.5, 0.6) is 0 Å². The van der Waals surface area contributed by atoms with Crippen molar-refractivity contribution >= 4 is 5.97 Å². The quantitative estimate of drug-likeness (QED) is 0.743. The first-order valence-corrected chi connectivity index (χ1v) is 7.41. The predicted octanol–water partition coefficient (Wildman–Crippen LogP) is 0.638. The van der Waals surface area contributed by atoms with Gasteiger partial charge in [0.2, 0.25) is 0 Å². The number of likely N-dealkylation sites (tertiary alicyclic amines) is 1. The summed E-state index contributed by atoms with van der Waals surface area (Å²) in [7, 11) is 2.10. The largest absolute Gasteiger partial charge is 0.462 e. The molecule has 0 spiro atoms. The van der Waals surface area contributed by atoms with Crippen LogP contribution >= 0.6 is 0 Å². The minimum Gasteiger partial charge on any atom is -0.462 e. The number of carbonyl (C=O) groups excluding carboxylic acids is 1. The molecule has 0 aromatic rings. The van der Waals surface area contributed by atoms with Gasteiger partial charge in [-0.05, 0) is 32.9 Å². The Bertz CT molecular complexity index is 290. The Morgan fingerprint density at radius 1 is 1.37 bits per heavy atom. The molecule has 5 nitrogen and oxygen atoms in total. The standard InChI is InChI=1S/C14H26N2O3/c1-3-6-15-13-10-18-9-12(13)14(17)19-11-4-7-16(2)8-5-11/h11-13,15H,3-10H2,1-2H3. The fraction of sp³-hybridized carbons (Fsp3) is 0.929. The molecule has 1 N–H and O–H groups in total. The highest BCUT2D eigenvalue weighted by molar-refractivity contribution is 5.74. The summed E-state index contributed by atoms with van der Waals surface area (Å²) >= 11 is 0. The summed E-state index contributed by atoms with van der Waals surface area (Å²) < 4.78 is 11.1. The lowest BCUT2D eigenvalue weighted by molar-refractivity contribution is -0.156. The third-order valence-electron chi connectivity index (χ3n) is 3.99. The van der Waals surface area contributed by atoms with E-state index in [-0.39, 0.29) is 24.0 Å². The van der Waals surface area contributed by atoms with Gasteiger partial charge < -0.3 is 19.7 Å². The molecule has 0 radical (unpaired) electrons. The second kappa shape index (κ2) is 7.22. The predicted molar refractivity (Wildman–Crippen MR) is 73.0 cm³/mol. The van der Waals surface area contributed by atoms with Crippen LogP contribution in [0.4, 0.5) is 0 Å². The van der Waals surface area contributed by atoms with Crippen molar-refractivity contribution < 1.29 is 14.3 Å². The molecule has 2 unspecified atom stereocenters. The van der Waals surface area contributed by atoms with Crippen molar-refractivity contribution in [2.24, 2.45) is 5.92 Å². The van der Waals surface area contributed by atoms with Gasteiger partial charge in [-0.1, -0.05) is 6.92 Å². The molecule has 0 aliphatic carbocycles. The fourth-order valence-electron chi connectivity index (χ4n) is 2.67. The number of rotatable bonds is 5. The van der Waals surface area contributed by atoms with Crippen molar-refractivity contribution in [3.63, 3.8) is 0 Å². The number of carbonyl (C=O) groups is 1. The van der Waals surface area contributed by atoms with Gasteiger partial charge in [0, 0.05) is 19.1 Å². The van der Waals surface area contributed by atoms with Gasteiger partial charge in [-0.2, -0.15) is 0 Å². The topological polar surface area (TPSA) is 50.8 Å². The van der Waals surface area contributed by atoms with E-state index in [1.807, 2.05) is 0 Å². The Labute approximate surface area is 115 Å². The highest BCUT2D eigenvalue weighted by Crippen LogP contribution is 2.19. The molecule has 2 rings (SSSR count). The smallest absolute Gasteiger partial charge is 0.313 e. The van der Waals surface area contributed by atoms with Crippen LogP contribution in [0.1, 0.15) is 26.2 Å². The zero-order valence-electron chi connectivity index (χ0n) is 12.1. The Hall–Kier alpha value is -0.650. The molecule has 0 saturated carbocycles. The number of hydrogen-bond donors (Lipinski definition) is 1. The van der Waals surface area contributed by atoms with E-state index in [4.69, 9.17) is 9.47 Å². The monoisotopic (exact) mass is 270 g/mol. The first kappa shape index (κ1) is 14.8. The van der Waals surface area contributed by atoms with Gasteiger partial charge in [0.15, 0.2) is 0 Å². The Morgan fingerprint density at radius 2 is 2.11 bits per heavy atom. The van der Waals surface area contributed by atoms with Crippen molar-refractivity contribution in [2.45, 2.75) is 38.3 Å². The van der Waals surface area contributed by atoms with Crippen molar-refractivity contribution in [3.8, 4) is 0 Å². The lowest BCUT2D eigenvalue weighted by Crippen LogP contribution is -2.42. The van der Waals surface area contributed by atoms with Crippen LogP contribution in [0.25, 0.3) is 0 Å². The number of nitrogens with one attached hydrogen (secondary N) is 1. The van der Waals surface area contributed by atoms with Gasteiger partial charge in [-0.3, -0.25) is 4.79 Å². The second-order valence-corrected chi connectivity index (χ2v) is 5.64. The zero-order valence-corrected chi connectivity index (χ0v) is 12.1. The fourth-order valence-corrected chi connectivity index (χ4v) is 2.67. The van der Waals surface area contributed by atoms with Crippen LogP contribution in [0.15, 0.2) is 0 Å². The second-order valence-electron chi connectivity index (χ2n) is 5.64. The third kappa shape index (κ3) is 4.16. The third-order valence-corrected chi connectivity index (χ3v) is 3.99. The van der Waals surface area contributed by atoms with Crippen LogP contribution in [0, 0.1) is 5.92 Å². The summed E-state index contributed by atoms with van der Waals surface area (Å²) in [5.41, 5.74) is 0. The molecular formula is C14H26N2O3. The van der Waals surface area contributed by atoms with Gasteiger partial charge in [0.25, 0.3) is 0 Å². The van der Waals surface area contributed by atoms with E-state index in [0.29, 0.717) is 13.2 Å². The first-order chi connectivity index (χ1) is 9.20. The summed E-state index contributed by atoms with van der Waals surface area (Å²) in [5, 5.41) is 3.37. The van der Waals surface area contributed by atoms with Crippen molar-refractivity contribution in [1.29, 1.82) is 0 Å². The summed E-state index contributed by atoms with van der Waals surface area (Å²) in [6.45, 7) is 6.17. The molecule has 2 atom stereocenters. The summed E-state index contributed by atoms with van der Waals surface area (Å²) in [4.78, 5) is 14.5. The lowest BCUT2D eigenvalue weighted by atomic mass is 10.0. The average molecular weight is 270 g/mol. The van der Waals surface area contributed by atoms with E-state index in [0.717, 1.165) is 38.9 Å². The molecule has 2 heterocycles. The maximum Gasteiger partial charge on any atom is 0.313 e. The van der Waals surface area contributed by atoms with Crippen LogP contribution in [-0.2, 0) is 14.3 Å². The highest BCUT2D eigenvalue weighted by Gasteiger charge is 2.36. The average Bonchev–Trinajstić information content (AvgIpc) is 2.87. The minimum absolute atomic E-state index is 0.0827. The minimum atomic E-state index is -0.133. The van der Waals surface area contributed by atoms with E-state index in [2.05, 4.69) is 24.2 Å². The van der Waals surface area contributed by atoms with Crippen molar-refractivity contribution in [2.75, 3.05) is 39.9 Å². The maximum atomic E-state index is 12.2. The molecule has 2 fully saturated rings. The number of nitrogens with zero attached hydrogens (tertiary/aromatic N) is 1. The van der Waals surface area contributed by atoms with E-state index >= 15 is 0 Å². The molecule has 0 aromatic carbocycles. The molecule has 0 bridgehead atoms. The number of esters is 1. The number of ether oxygens (including phenoxy) is 2. The van der Waals surface area contributed by atoms with Gasteiger partial charge in [-0.15, -0.1) is 0 Å². The van der Waals surface area contributed by atoms with Crippen LogP contribution in [0.2, 0.25) is 0 Å². The molecule has 5 heteroatoms. The maximum absolute atomic E-state index is 12.2. The molecular weight excluding hydrogens is 244 g/mol. The van der Waals surface area contributed by atoms with Gasteiger partial charge in [0.1, 0.15) is 6.10 Å². The SMILES string of the molecule is CCCNC1COCC1C(=O)OC1CCN(C)CC1. The van der Waals surface area contributed by atoms with E-state index in [1.165, 1.54) is 0 Å². The van der Waals surface area contributed by atoms with Gasteiger partial charge in [-0.25, -0.2) is 0 Å². The van der Waals surface area contributed by atoms with E-state index in [9.17, 15) is 4.79 Å². The summed E-state index contributed by atoms with van der Waals surface area (Å²) in [6, 6.07) is 0.124. The molecule has 2 aliphatic heterocycles. The number of hydrogen-bond acceptors (Lipinski definition) is 5. The molecule has 0 amide bonds. The Morgan fingerprint density at radius 3 is 2.79 bits per heavy atom. The van der Waals surface area contributed by atoms with Crippen molar-refractivity contribution in [1.82, 2.24) is 10.2 Å². The molecule has 110 valence electrons. The summed E-state index contributed by atoms with van der Waals surface area (Å²) in [6.07, 6.45) is 3.05.